The number of thiazole rings is 1. The average Bonchev–Trinajstić information content (AvgIpc) is 3.91. The highest BCUT2D eigenvalue weighted by atomic mass is 32.2. The van der Waals surface area contributed by atoms with Gasteiger partial charge in [-0.1, -0.05) is 53.8 Å². The molecule has 82 heavy (non-hydrogen) atoms. The summed E-state index contributed by atoms with van der Waals surface area (Å²) in [6.45, 7) is 1.55. The molecule has 2 heterocycles. The van der Waals surface area contributed by atoms with Crippen LogP contribution in [0.15, 0.2) is 194 Å². The van der Waals surface area contributed by atoms with Crippen LogP contribution in [0.25, 0.3) is 22.0 Å². The molecule has 0 amide bonds. The minimum Gasteiger partial charge on any atom is -0.494 e. The Labute approximate surface area is 470 Å². The van der Waals surface area contributed by atoms with Crippen LogP contribution >= 0.6 is 11.3 Å². The summed E-state index contributed by atoms with van der Waals surface area (Å²) in [4.78, 5) is 5.59. The lowest BCUT2D eigenvalue weighted by Crippen LogP contribution is -2.29. The van der Waals surface area contributed by atoms with E-state index in [1.54, 1.807) is 6.92 Å². The Morgan fingerprint density at radius 1 is 0.598 bits per heavy atom. The summed E-state index contributed by atoms with van der Waals surface area (Å²) in [5, 5.41) is 44.5. The number of aromatic nitrogens is 2. The number of hydrogen-bond acceptors (Lipinski definition) is 23. The summed E-state index contributed by atoms with van der Waals surface area (Å²) in [6, 6.07) is 29.3. The molecule has 2 atom stereocenters. The van der Waals surface area contributed by atoms with Crippen LogP contribution in [0.3, 0.4) is 0 Å². The molecule has 0 saturated heterocycles. The lowest BCUT2D eigenvalue weighted by Gasteiger charge is -2.30. The third-order valence-corrected chi connectivity index (χ3v) is 17.5. The highest BCUT2D eigenvalue weighted by molar-refractivity contribution is 7.91. The topological polar surface area (TPSA) is 429 Å². The van der Waals surface area contributed by atoms with Gasteiger partial charge in [-0.15, -0.1) is 25.6 Å². The number of methoxy groups -OCH3 is 1. The molecule has 0 fully saturated rings. The van der Waals surface area contributed by atoms with Crippen molar-refractivity contribution in [2.75, 3.05) is 17.7 Å². The summed E-state index contributed by atoms with van der Waals surface area (Å²) in [7, 11) is -23.4. The molecule has 27 nitrogen and oxygen atoms in total. The van der Waals surface area contributed by atoms with E-state index >= 15 is 0 Å². The van der Waals surface area contributed by atoms with Crippen LogP contribution in [0.5, 0.6) is 5.75 Å². The molecule has 7 N–H and O–H groups in total. The van der Waals surface area contributed by atoms with E-state index in [0.717, 1.165) is 58.5 Å². The second-order valence-corrected chi connectivity index (χ2v) is 25.5. The molecule has 9 rings (SSSR count). The van der Waals surface area contributed by atoms with Crippen molar-refractivity contribution in [2.45, 2.75) is 16.7 Å². The van der Waals surface area contributed by atoms with Gasteiger partial charge in [0.05, 0.1) is 48.6 Å². The third kappa shape index (κ3) is 12.9. The second kappa shape index (κ2) is 22.4. The molecule has 2 aliphatic rings. The molecule has 420 valence electrons. The van der Waals surface area contributed by atoms with E-state index in [1.807, 2.05) is 42.5 Å². The number of fused-ring (bicyclic) bond motifs is 2. The maximum atomic E-state index is 12.5. The van der Waals surface area contributed by atoms with Crippen molar-refractivity contribution in [1.82, 2.24) is 9.97 Å². The first-order valence-electron chi connectivity index (χ1n) is 22.9. The first kappa shape index (κ1) is 58.0. The predicted molar refractivity (Wildman–Crippen MR) is 298 cm³/mol. The van der Waals surface area contributed by atoms with Crippen LogP contribution in [0.2, 0.25) is 0 Å². The molecule has 0 saturated carbocycles. The fourth-order valence-electron chi connectivity index (χ4n) is 8.26. The van der Waals surface area contributed by atoms with Crippen LogP contribution in [0.1, 0.15) is 11.1 Å². The monoisotopic (exact) mass is 1230 g/mol. The Morgan fingerprint density at radius 3 is 1.78 bits per heavy atom. The van der Waals surface area contributed by atoms with Gasteiger partial charge in [0.2, 0.25) is 5.13 Å². The number of pyridine rings is 1. The van der Waals surface area contributed by atoms with Crippen molar-refractivity contribution < 1.29 is 69.6 Å². The lowest BCUT2D eigenvalue weighted by molar-refractivity contribution is 0.416. The van der Waals surface area contributed by atoms with E-state index in [2.05, 4.69) is 52.4 Å². The zero-order valence-corrected chi connectivity index (χ0v) is 46.5. The van der Waals surface area contributed by atoms with Crippen molar-refractivity contribution in [2.24, 2.45) is 42.5 Å². The van der Waals surface area contributed by atoms with Crippen molar-refractivity contribution in [3.8, 4) is 23.1 Å². The standard InChI is InChI=1S/C49H37N11O16S6/c1-26-39(25-50)46(51-30-9-14-34(15-10-30)78(61,62)63)54-47(52-31-11-16-35(17-12-31)79(64,65)66)44(26)58-60-49-53-45(29-8-7-27-5-3-4-6-28(27)19-29)48(77-49)59-55-32-13-18-40(41(21-32)76-2)57-56-33-20-37-38(42(22-33)81(70,71)72)23-36(80(67,68)69)24-43(37)82(73,74)75/h3-24,37-38H,1-2H3,(H2,51,52,54)(H,61,62,63)(H,64,65,66)(H,67,68,69)(H,70,71,72)(H,73,74,75). The normalized spacial score (nSPS) is 16.1. The lowest BCUT2D eigenvalue weighted by atomic mass is 9.84. The number of nitriles is 1. The van der Waals surface area contributed by atoms with Crippen molar-refractivity contribution in [1.29, 1.82) is 5.26 Å². The van der Waals surface area contributed by atoms with E-state index < -0.39 is 82.0 Å². The number of azo groups is 3. The second-order valence-electron chi connectivity index (χ2n) is 17.4. The quantitative estimate of drug-likeness (QED) is 0.0329. The van der Waals surface area contributed by atoms with Gasteiger partial charge in [0.15, 0.2) is 16.6 Å². The molecule has 2 aliphatic carbocycles. The highest BCUT2D eigenvalue weighted by Gasteiger charge is 2.42. The fraction of sp³-hybridized carbons (Fsp3) is 0.0816. The highest BCUT2D eigenvalue weighted by Crippen LogP contribution is 2.46. The van der Waals surface area contributed by atoms with E-state index in [9.17, 15) is 70.1 Å². The van der Waals surface area contributed by atoms with E-state index in [1.165, 1.54) is 49.6 Å². The van der Waals surface area contributed by atoms with Crippen LogP contribution in [0.4, 0.5) is 50.2 Å². The number of ether oxygens (including phenoxy) is 1. The van der Waals surface area contributed by atoms with E-state index in [-0.39, 0.29) is 77.7 Å². The van der Waals surface area contributed by atoms with Gasteiger partial charge in [-0.3, -0.25) is 22.8 Å². The molecule has 7 aromatic rings. The zero-order valence-electron chi connectivity index (χ0n) is 41.6. The van der Waals surface area contributed by atoms with Gasteiger partial charge in [-0.25, -0.2) is 9.97 Å². The number of rotatable bonds is 17. The molecule has 0 radical (unpaired) electrons. The number of nitrogens with zero attached hydrogens (tertiary/aromatic N) is 9. The SMILES string of the molecule is COc1cc(N=Nc2sc(N=Nc3c(Nc4ccc(S(=O)(=O)O)cc4)nc(Nc4ccc(S(=O)(=O)O)cc4)c(C#N)c3C)nc2-c2ccc3ccccc3c2)ccc1N=NC1=CC2C(S(=O)(=O)O)=CC(S(=O)(=O)O)=CC2C(S(=O)(=O)O)=C1. The van der Waals surface area contributed by atoms with Gasteiger partial charge >= 0.3 is 0 Å². The largest absolute Gasteiger partial charge is 0.494 e. The van der Waals surface area contributed by atoms with Crippen molar-refractivity contribution in [3.05, 3.63) is 165 Å². The Kier molecular flexibility index (Phi) is 15.8. The Hall–Kier alpha value is -8.66. The molecule has 33 heteroatoms. The first-order valence-corrected chi connectivity index (χ1v) is 31.0. The predicted octanol–water partition coefficient (Wildman–Crippen LogP) is 10.9. The Bertz CT molecular complexity index is 4670. The van der Waals surface area contributed by atoms with Crippen molar-refractivity contribution in [3.63, 3.8) is 0 Å². The van der Waals surface area contributed by atoms with E-state index in [0.29, 0.717) is 23.4 Å². The molecular weight excluding hydrogens is 1190 g/mol. The minimum atomic E-state index is -5.24. The zero-order chi connectivity index (χ0) is 59.1. The molecule has 2 aromatic heterocycles. The molecule has 0 spiro atoms. The van der Waals surface area contributed by atoms with Gasteiger partial charge in [-0.2, -0.15) is 52.5 Å². The van der Waals surface area contributed by atoms with Crippen LogP contribution in [0, 0.1) is 30.1 Å². The maximum absolute atomic E-state index is 12.5. The molecule has 0 bridgehead atoms. The maximum Gasteiger partial charge on any atom is 0.294 e. The average molecular weight is 1230 g/mol. The first-order chi connectivity index (χ1) is 38.6. The number of anilines is 4. The van der Waals surface area contributed by atoms with Gasteiger partial charge < -0.3 is 15.4 Å². The smallest absolute Gasteiger partial charge is 0.294 e. The Morgan fingerprint density at radius 2 is 1.20 bits per heavy atom. The molecule has 5 aromatic carbocycles. The van der Waals surface area contributed by atoms with Crippen LogP contribution in [-0.2, 0) is 50.6 Å². The summed E-state index contributed by atoms with van der Waals surface area (Å²) in [6.07, 6.45) is 2.98. The number of benzene rings is 5. The minimum absolute atomic E-state index is 0.0107. The van der Waals surface area contributed by atoms with E-state index in [4.69, 9.17) is 9.72 Å². The van der Waals surface area contributed by atoms with Gasteiger partial charge in [-0.05, 0) is 103 Å². The number of nitrogens with one attached hydrogen (secondary N) is 2. The van der Waals surface area contributed by atoms with Gasteiger partial charge in [0, 0.05) is 40.4 Å². The summed E-state index contributed by atoms with van der Waals surface area (Å²) < 4.78 is 175. The van der Waals surface area contributed by atoms with Crippen LogP contribution in [-0.4, -0.2) is 81.9 Å². The third-order valence-electron chi connectivity index (χ3n) is 12.1. The number of allylic oxidation sites excluding steroid dienone is 6. The van der Waals surface area contributed by atoms with Gasteiger partial charge in [0.1, 0.15) is 28.9 Å². The molecule has 0 aliphatic heterocycles. The molecular formula is C49H37N11O16S6. The summed E-state index contributed by atoms with van der Waals surface area (Å²) >= 11 is 0.954. The van der Waals surface area contributed by atoms with Crippen LogP contribution < -0.4 is 15.4 Å². The Balaban J connectivity index is 1.07. The summed E-state index contributed by atoms with van der Waals surface area (Å²) in [5.74, 6) is -3.38. The molecule has 2 unspecified atom stereocenters. The van der Waals surface area contributed by atoms with Crippen molar-refractivity contribution >= 4 is 123 Å². The fourth-order valence-corrected chi connectivity index (χ4v) is 12.3. The summed E-state index contributed by atoms with van der Waals surface area (Å²) in [5.41, 5.74) is 1.48. The van der Waals surface area contributed by atoms with Gasteiger partial charge in [0.25, 0.3) is 50.6 Å². The number of hydrogen-bond donors (Lipinski definition) is 7.